The van der Waals surface area contributed by atoms with E-state index in [-0.39, 0.29) is 5.95 Å². The molecular weight excluding hydrogens is 290 g/mol. The van der Waals surface area contributed by atoms with Crippen LogP contribution in [-0.2, 0) is 6.54 Å². The van der Waals surface area contributed by atoms with Crippen LogP contribution in [0.25, 0.3) is 22.4 Å². The lowest BCUT2D eigenvalue weighted by Gasteiger charge is -2.05. The number of aryl methyl sites for hydroxylation is 1. The molecule has 0 amide bonds. The standard InChI is InChI=1S/C16H15N7/c1-10-2-4-11(5-3-10)9-23-15-12(8-19-23)14(20-16(17)21-15)13-6-7-18-22-13/h2-8H,9H2,1H3,(H,18,22)(H2,17,20,21). The Labute approximate surface area is 132 Å². The normalized spacial score (nSPS) is 11.2. The summed E-state index contributed by atoms with van der Waals surface area (Å²) in [5.74, 6) is 0.216. The van der Waals surface area contributed by atoms with Gasteiger partial charge in [0.2, 0.25) is 5.95 Å². The maximum atomic E-state index is 5.87. The van der Waals surface area contributed by atoms with Crippen LogP contribution in [0.5, 0.6) is 0 Å². The van der Waals surface area contributed by atoms with Crippen molar-refractivity contribution >= 4 is 17.0 Å². The number of hydrogen-bond acceptors (Lipinski definition) is 5. The molecule has 0 atom stereocenters. The zero-order valence-corrected chi connectivity index (χ0v) is 12.6. The quantitative estimate of drug-likeness (QED) is 0.604. The summed E-state index contributed by atoms with van der Waals surface area (Å²) in [6.07, 6.45) is 3.44. The second kappa shape index (κ2) is 5.20. The number of nitrogen functional groups attached to an aromatic ring is 1. The number of nitrogens with one attached hydrogen (secondary N) is 1. The molecule has 114 valence electrons. The summed E-state index contributed by atoms with van der Waals surface area (Å²) in [5.41, 5.74) is 10.5. The first-order valence-electron chi connectivity index (χ1n) is 7.25. The third-order valence-electron chi connectivity index (χ3n) is 3.72. The predicted molar refractivity (Wildman–Crippen MR) is 87.6 cm³/mol. The minimum absolute atomic E-state index is 0.216. The van der Waals surface area contributed by atoms with E-state index in [9.17, 15) is 0 Å². The molecule has 0 radical (unpaired) electrons. The Balaban J connectivity index is 1.81. The first-order chi connectivity index (χ1) is 11.2. The highest BCUT2D eigenvalue weighted by atomic mass is 15.3. The lowest BCUT2D eigenvalue weighted by Crippen LogP contribution is -2.05. The van der Waals surface area contributed by atoms with Gasteiger partial charge in [0, 0.05) is 6.20 Å². The second-order valence-electron chi connectivity index (χ2n) is 5.43. The lowest BCUT2D eigenvalue weighted by atomic mass is 10.1. The molecule has 1 aromatic carbocycles. The van der Waals surface area contributed by atoms with Crippen molar-refractivity contribution in [3.8, 4) is 11.4 Å². The van der Waals surface area contributed by atoms with Crippen LogP contribution in [0.2, 0.25) is 0 Å². The Hall–Kier alpha value is -3.22. The molecule has 0 unspecified atom stereocenters. The van der Waals surface area contributed by atoms with Gasteiger partial charge in [0.15, 0.2) is 5.65 Å². The lowest BCUT2D eigenvalue weighted by molar-refractivity contribution is 0.704. The number of rotatable bonds is 3. The van der Waals surface area contributed by atoms with Crippen LogP contribution in [0.1, 0.15) is 11.1 Å². The van der Waals surface area contributed by atoms with Crippen LogP contribution in [-0.4, -0.2) is 29.9 Å². The maximum absolute atomic E-state index is 5.87. The molecule has 4 aromatic rings. The molecule has 3 aromatic heterocycles. The number of aromatic amines is 1. The highest BCUT2D eigenvalue weighted by molar-refractivity contribution is 5.89. The van der Waals surface area contributed by atoms with Crippen molar-refractivity contribution in [2.24, 2.45) is 0 Å². The highest BCUT2D eigenvalue weighted by Gasteiger charge is 2.14. The summed E-state index contributed by atoms with van der Waals surface area (Å²) in [6, 6.07) is 10.2. The average molecular weight is 305 g/mol. The van der Waals surface area contributed by atoms with Crippen LogP contribution in [0.15, 0.2) is 42.7 Å². The molecule has 0 bridgehead atoms. The van der Waals surface area contributed by atoms with E-state index in [2.05, 4.69) is 56.5 Å². The van der Waals surface area contributed by atoms with Crippen LogP contribution in [0.4, 0.5) is 5.95 Å². The smallest absolute Gasteiger partial charge is 0.222 e. The molecule has 0 saturated heterocycles. The van der Waals surface area contributed by atoms with Crippen molar-refractivity contribution in [1.29, 1.82) is 0 Å². The van der Waals surface area contributed by atoms with Gasteiger partial charge in [-0.2, -0.15) is 15.2 Å². The van der Waals surface area contributed by atoms with Gasteiger partial charge < -0.3 is 5.73 Å². The Kier molecular flexibility index (Phi) is 3.04. The van der Waals surface area contributed by atoms with E-state index in [0.29, 0.717) is 17.9 Å². The summed E-state index contributed by atoms with van der Waals surface area (Å²) < 4.78 is 1.83. The molecule has 7 nitrogen and oxygen atoms in total. The van der Waals surface area contributed by atoms with Gasteiger partial charge in [-0.05, 0) is 18.6 Å². The molecule has 7 heteroatoms. The largest absolute Gasteiger partial charge is 0.368 e. The third-order valence-corrected chi connectivity index (χ3v) is 3.72. The van der Waals surface area contributed by atoms with Crippen molar-refractivity contribution in [3.05, 3.63) is 53.9 Å². The summed E-state index contributed by atoms with van der Waals surface area (Å²) in [5, 5.41) is 12.2. The predicted octanol–water partition coefficient (Wildman–Crippen LogP) is 2.16. The molecule has 0 saturated carbocycles. The fraction of sp³-hybridized carbons (Fsp3) is 0.125. The van der Waals surface area contributed by atoms with E-state index in [4.69, 9.17) is 5.73 Å². The number of anilines is 1. The maximum Gasteiger partial charge on any atom is 0.222 e. The molecule has 0 fully saturated rings. The van der Waals surface area contributed by atoms with Crippen LogP contribution < -0.4 is 5.73 Å². The van der Waals surface area contributed by atoms with E-state index in [0.717, 1.165) is 16.6 Å². The summed E-state index contributed by atoms with van der Waals surface area (Å²) in [7, 11) is 0. The van der Waals surface area contributed by atoms with Crippen molar-refractivity contribution in [2.75, 3.05) is 5.73 Å². The average Bonchev–Trinajstić information content (AvgIpc) is 3.19. The minimum atomic E-state index is 0.216. The highest BCUT2D eigenvalue weighted by Crippen LogP contribution is 2.25. The molecular formula is C16H15N7. The van der Waals surface area contributed by atoms with E-state index in [1.807, 2.05) is 10.7 Å². The molecule has 23 heavy (non-hydrogen) atoms. The van der Waals surface area contributed by atoms with Crippen molar-refractivity contribution in [3.63, 3.8) is 0 Å². The molecule has 3 heterocycles. The second-order valence-corrected chi connectivity index (χ2v) is 5.43. The molecule has 0 aliphatic rings. The number of fused-ring (bicyclic) bond motifs is 1. The van der Waals surface area contributed by atoms with Gasteiger partial charge in [-0.3, -0.25) is 5.10 Å². The first kappa shape index (κ1) is 13.4. The zero-order valence-electron chi connectivity index (χ0n) is 12.6. The van der Waals surface area contributed by atoms with Crippen molar-refractivity contribution < 1.29 is 0 Å². The summed E-state index contributed by atoms with van der Waals surface area (Å²) >= 11 is 0. The van der Waals surface area contributed by atoms with Gasteiger partial charge in [0.25, 0.3) is 0 Å². The van der Waals surface area contributed by atoms with Gasteiger partial charge in [0.1, 0.15) is 5.69 Å². The topological polar surface area (TPSA) is 98.3 Å². The summed E-state index contributed by atoms with van der Waals surface area (Å²) in [6.45, 7) is 2.69. The van der Waals surface area contributed by atoms with Gasteiger partial charge in [-0.25, -0.2) is 9.67 Å². The number of H-pyrrole nitrogens is 1. The summed E-state index contributed by atoms with van der Waals surface area (Å²) in [4.78, 5) is 8.67. The number of aromatic nitrogens is 6. The van der Waals surface area contributed by atoms with E-state index < -0.39 is 0 Å². The van der Waals surface area contributed by atoms with E-state index in [1.165, 1.54) is 5.56 Å². The molecule has 4 rings (SSSR count). The molecule has 0 aliphatic carbocycles. The number of benzene rings is 1. The Bertz CT molecular complexity index is 952. The van der Waals surface area contributed by atoms with Gasteiger partial charge >= 0.3 is 0 Å². The SMILES string of the molecule is Cc1ccc(Cn2ncc3c(-c4ccn[nH]4)nc(N)nc32)cc1. The molecule has 0 spiro atoms. The van der Waals surface area contributed by atoms with Crippen LogP contribution in [0, 0.1) is 6.92 Å². The van der Waals surface area contributed by atoms with Crippen molar-refractivity contribution in [1.82, 2.24) is 29.9 Å². The number of nitrogens with zero attached hydrogens (tertiary/aromatic N) is 5. The third kappa shape index (κ3) is 2.42. The minimum Gasteiger partial charge on any atom is -0.368 e. The van der Waals surface area contributed by atoms with Gasteiger partial charge in [-0.15, -0.1) is 0 Å². The zero-order chi connectivity index (χ0) is 15.8. The molecule has 0 aliphatic heterocycles. The van der Waals surface area contributed by atoms with E-state index >= 15 is 0 Å². The first-order valence-corrected chi connectivity index (χ1v) is 7.25. The van der Waals surface area contributed by atoms with Crippen LogP contribution >= 0.6 is 0 Å². The number of nitrogens with two attached hydrogens (primary N) is 1. The fourth-order valence-corrected chi connectivity index (χ4v) is 2.55. The number of hydrogen-bond donors (Lipinski definition) is 2. The van der Waals surface area contributed by atoms with Gasteiger partial charge in [0.05, 0.1) is 23.8 Å². The van der Waals surface area contributed by atoms with Crippen LogP contribution in [0.3, 0.4) is 0 Å². The Morgan fingerprint density at radius 3 is 2.70 bits per heavy atom. The fourth-order valence-electron chi connectivity index (χ4n) is 2.55. The Morgan fingerprint density at radius 1 is 1.13 bits per heavy atom. The monoisotopic (exact) mass is 305 g/mol. The Morgan fingerprint density at radius 2 is 1.96 bits per heavy atom. The van der Waals surface area contributed by atoms with E-state index in [1.54, 1.807) is 12.4 Å². The van der Waals surface area contributed by atoms with Crippen molar-refractivity contribution in [2.45, 2.75) is 13.5 Å². The van der Waals surface area contributed by atoms with Gasteiger partial charge in [-0.1, -0.05) is 29.8 Å². The molecule has 3 N–H and O–H groups in total.